The summed E-state index contributed by atoms with van der Waals surface area (Å²) in [5.41, 5.74) is 1.15. The lowest BCUT2D eigenvalue weighted by Crippen LogP contribution is -2.36. The van der Waals surface area contributed by atoms with E-state index in [4.69, 9.17) is 4.74 Å². The summed E-state index contributed by atoms with van der Waals surface area (Å²) in [6.07, 6.45) is 0. The molecular formula is C15H18BrN3OS. The fourth-order valence-corrected chi connectivity index (χ4v) is 3.23. The molecule has 112 valence electrons. The van der Waals surface area contributed by atoms with Crippen LogP contribution in [0.25, 0.3) is 0 Å². The van der Waals surface area contributed by atoms with Crippen LogP contribution in [-0.4, -0.2) is 20.1 Å². The van der Waals surface area contributed by atoms with Gasteiger partial charge < -0.3 is 15.4 Å². The number of nitrogens with one attached hydrogen (secondary N) is 2. The molecule has 4 nitrogen and oxygen atoms in total. The number of methoxy groups -OCH3 is 1. The van der Waals surface area contributed by atoms with Crippen molar-refractivity contribution in [2.45, 2.75) is 13.1 Å². The van der Waals surface area contributed by atoms with Crippen molar-refractivity contribution in [1.82, 2.24) is 10.6 Å². The van der Waals surface area contributed by atoms with E-state index >= 15 is 0 Å². The van der Waals surface area contributed by atoms with Crippen molar-refractivity contribution in [2.24, 2.45) is 4.99 Å². The highest BCUT2D eigenvalue weighted by molar-refractivity contribution is 9.11. The summed E-state index contributed by atoms with van der Waals surface area (Å²) in [5.74, 6) is 1.64. The number of rotatable bonds is 5. The number of guanidine groups is 1. The van der Waals surface area contributed by atoms with Gasteiger partial charge in [-0.1, -0.05) is 12.1 Å². The second kappa shape index (κ2) is 8.05. The average Bonchev–Trinajstić information content (AvgIpc) is 2.93. The van der Waals surface area contributed by atoms with Crippen molar-refractivity contribution in [3.05, 3.63) is 50.6 Å². The largest absolute Gasteiger partial charge is 0.497 e. The zero-order chi connectivity index (χ0) is 15.1. The number of benzene rings is 1. The van der Waals surface area contributed by atoms with Crippen LogP contribution in [0, 0.1) is 0 Å². The standard InChI is InChI=1S/C15H18BrN3OS/c1-17-15(19-10-13-6-7-14(16)21-13)18-9-11-4-3-5-12(8-11)20-2/h3-8H,9-10H2,1-2H3,(H2,17,18,19). The lowest BCUT2D eigenvalue weighted by molar-refractivity contribution is 0.414. The third-order valence-electron chi connectivity index (χ3n) is 2.88. The van der Waals surface area contributed by atoms with E-state index < -0.39 is 0 Å². The van der Waals surface area contributed by atoms with Gasteiger partial charge in [-0.2, -0.15) is 0 Å². The molecule has 6 heteroatoms. The van der Waals surface area contributed by atoms with E-state index in [2.05, 4.69) is 43.7 Å². The number of ether oxygens (including phenoxy) is 1. The maximum Gasteiger partial charge on any atom is 0.191 e. The van der Waals surface area contributed by atoms with Crippen LogP contribution < -0.4 is 15.4 Å². The lowest BCUT2D eigenvalue weighted by atomic mass is 10.2. The number of hydrogen-bond acceptors (Lipinski definition) is 3. The molecule has 0 aliphatic heterocycles. The summed E-state index contributed by atoms with van der Waals surface area (Å²) in [5, 5.41) is 6.59. The van der Waals surface area contributed by atoms with Crippen LogP contribution in [0.5, 0.6) is 5.75 Å². The first kappa shape index (κ1) is 15.9. The van der Waals surface area contributed by atoms with Crippen molar-refractivity contribution in [2.75, 3.05) is 14.2 Å². The van der Waals surface area contributed by atoms with E-state index in [1.807, 2.05) is 24.3 Å². The highest BCUT2D eigenvalue weighted by Gasteiger charge is 2.02. The van der Waals surface area contributed by atoms with Crippen LogP contribution in [0.4, 0.5) is 0 Å². The second-order valence-corrected chi connectivity index (χ2v) is 6.88. The molecule has 2 aromatic rings. The third kappa shape index (κ3) is 5.06. The minimum atomic E-state index is 0.699. The minimum absolute atomic E-state index is 0.699. The zero-order valence-corrected chi connectivity index (χ0v) is 14.4. The molecule has 1 aromatic carbocycles. The van der Waals surface area contributed by atoms with Crippen molar-refractivity contribution in [3.63, 3.8) is 0 Å². The molecule has 1 aromatic heterocycles. The predicted octanol–water partition coefficient (Wildman–Crippen LogP) is 3.38. The normalized spacial score (nSPS) is 11.3. The molecule has 0 unspecified atom stereocenters. The van der Waals surface area contributed by atoms with Gasteiger partial charge in [-0.3, -0.25) is 4.99 Å². The SMILES string of the molecule is CN=C(NCc1cccc(OC)c1)NCc1ccc(Br)s1. The molecule has 0 aliphatic rings. The number of halogens is 1. The Bertz CT molecular complexity index is 612. The minimum Gasteiger partial charge on any atom is -0.497 e. The van der Waals surface area contributed by atoms with Crippen molar-refractivity contribution in [1.29, 1.82) is 0 Å². The van der Waals surface area contributed by atoms with Crippen LogP contribution in [0.15, 0.2) is 45.2 Å². The number of hydrogen-bond donors (Lipinski definition) is 2. The van der Waals surface area contributed by atoms with Crippen LogP contribution in [0.3, 0.4) is 0 Å². The summed E-state index contributed by atoms with van der Waals surface area (Å²) in [6, 6.07) is 12.1. The molecular weight excluding hydrogens is 350 g/mol. The van der Waals surface area contributed by atoms with Gasteiger partial charge >= 0.3 is 0 Å². The van der Waals surface area contributed by atoms with E-state index in [9.17, 15) is 0 Å². The van der Waals surface area contributed by atoms with Crippen molar-refractivity contribution in [3.8, 4) is 5.75 Å². The monoisotopic (exact) mass is 367 g/mol. The highest BCUT2D eigenvalue weighted by atomic mass is 79.9. The maximum absolute atomic E-state index is 5.22. The van der Waals surface area contributed by atoms with Gasteiger partial charge in [0.05, 0.1) is 17.4 Å². The van der Waals surface area contributed by atoms with E-state index in [0.717, 1.165) is 27.6 Å². The molecule has 0 saturated heterocycles. The summed E-state index contributed by atoms with van der Waals surface area (Å²) in [4.78, 5) is 5.48. The first-order chi connectivity index (χ1) is 10.2. The van der Waals surface area contributed by atoms with Gasteiger partial charge in [0.2, 0.25) is 0 Å². The smallest absolute Gasteiger partial charge is 0.191 e. The topological polar surface area (TPSA) is 45.7 Å². The molecule has 0 radical (unpaired) electrons. The molecule has 0 spiro atoms. The van der Waals surface area contributed by atoms with Gasteiger partial charge in [0.25, 0.3) is 0 Å². The van der Waals surface area contributed by atoms with E-state index in [0.29, 0.717) is 6.54 Å². The maximum atomic E-state index is 5.22. The summed E-state index contributed by atoms with van der Waals surface area (Å²) < 4.78 is 6.36. The fraction of sp³-hybridized carbons (Fsp3) is 0.267. The Morgan fingerprint density at radius 1 is 1.24 bits per heavy atom. The summed E-state index contributed by atoms with van der Waals surface area (Å²) >= 11 is 5.18. The average molecular weight is 368 g/mol. The molecule has 0 bridgehead atoms. The van der Waals surface area contributed by atoms with Crippen LogP contribution in [0.2, 0.25) is 0 Å². The summed E-state index contributed by atoms with van der Waals surface area (Å²) in [7, 11) is 3.44. The molecule has 2 N–H and O–H groups in total. The third-order valence-corrected chi connectivity index (χ3v) is 4.50. The Morgan fingerprint density at radius 2 is 2.05 bits per heavy atom. The summed E-state index contributed by atoms with van der Waals surface area (Å²) in [6.45, 7) is 1.46. The zero-order valence-electron chi connectivity index (χ0n) is 12.0. The van der Waals surface area contributed by atoms with Gasteiger partial charge in [-0.05, 0) is 45.8 Å². The lowest BCUT2D eigenvalue weighted by Gasteiger charge is -2.11. The Hall–Kier alpha value is -1.53. The Balaban J connectivity index is 1.84. The molecule has 2 rings (SSSR count). The van der Waals surface area contributed by atoms with Gasteiger partial charge in [-0.25, -0.2) is 0 Å². The van der Waals surface area contributed by atoms with E-state index in [1.165, 1.54) is 4.88 Å². The highest BCUT2D eigenvalue weighted by Crippen LogP contribution is 2.21. The quantitative estimate of drug-likeness (QED) is 0.628. The Morgan fingerprint density at radius 3 is 2.71 bits per heavy atom. The van der Waals surface area contributed by atoms with Crippen LogP contribution in [-0.2, 0) is 13.1 Å². The molecule has 1 heterocycles. The molecule has 0 saturated carbocycles. The van der Waals surface area contributed by atoms with Gasteiger partial charge in [0, 0.05) is 18.5 Å². The van der Waals surface area contributed by atoms with Gasteiger partial charge in [-0.15, -0.1) is 11.3 Å². The van der Waals surface area contributed by atoms with Gasteiger partial charge in [0.1, 0.15) is 5.75 Å². The van der Waals surface area contributed by atoms with E-state index in [1.54, 1.807) is 25.5 Å². The van der Waals surface area contributed by atoms with Gasteiger partial charge in [0.15, 0.2) is 5.96 Å². The first-order valence-electron chi connectivity index (χ1n) is 6.53. The van der Waals surface area contributed by atoms with Crippen molar-refractivity contribution >= 4 is 33.2 Å². The molecule has 0 atom stereocenters. The second-order valence-electron chi connectivity index (χ2n) is 4.34. The Kier molecular flexibility index (Phi) is 6.07. The first-order valence-corrected chi connectivity index (χ1v) is 8.14. The number of nitrogens with zero attached hydrogens (tertiary/aromatic N) is 1. The van der Waals surface area contributed by atoms with Crippen LogP contribution >= 0.6 is 27.3 Å². The number of aliphatic imine (C=N–C) groups is 1. The van der Waals surface area contributed by atoms with E-state index in [-0.39, 0.29) is 0 Å². The molecule has 21 heavy (non-hydrogen) atoms. The molecule has 0 fully saturated rings. The molecule has 0 amide bonds. The van der Waals surface area contributed by atoms with Crippen LogP contribution in [0.1, 0.15) is 10.4 Å². The fourth-order valence-electron chi connectivity index (χ4n) is 1.81. The Labute approximate surface area is 137 Å². The molecule has 0 aliphatic carbocycles. The predicted molar refractivity (Wildman–Crippen MR) is 92.1 cm³/mol. The van der Waals surface area contributed by atoms with Crippen molar-refractivity contribution < 1.29 is 4.74 Å². The number of thiophene rings is 1.